The zero-order valence-corrected chi connectivity index (χ0v) is 16.8. The van der Waals surface area contributed by atoms with Crippen molar-refractivity contribution in [2.45, 2.75) is 4.90 Å². The highest BCUT2D eigenvalue weighted by atomic mass is 32.2. The lowest BCUT2D eigenvalue weighted by atomic mass is 10.2. The van der Waals surface area contributed by atoms with E-state index in [9.17, 15) is 17.6 Å². The smallest absolute Gasteiger partial charge is 0.254 e. The van der Waals surface area contributed by atoms with E-state index in [0.717, 1.165) is 44.4 Å². The van der Waals surface area contributed by atoms with Crippen molar-refractivity contribution in [3.05, 3.63) is 48.0 Å². The Bertz CT molecular complexity index is 949. The summed E-state index contributed by atoms with van der Waals surface area (Å²) in [4.78, 5) is 24.9. The Morgan fingerprint density at radius 2 is 1.86 bits per heavy atom. The lowest BCUT2D eigenvalue weighted by molar-refractivity contribution is 0.0943. The van der Waals surface area contributed by atoms with Gasteiger partial charge in [-0.15, -0.1) is 0 Å². The summed E-state index contributed by atoms with van der Waals surface area (Å²) in [6.07, 6.45) is 3.42. The molecule has 1 fully saturated rings. The van der Waals surface area contributed by atoms with E-state index < -0.39 is 21.7 Å². The van der Waals surface area contributed by atoms with Gasteiger partial charge in [-0.05, 0) is 31.3 Å². The third-order valence-electron chi connectivity index (χ3n) is 4.68. The number of carbonyl (C=O) groups excluding carboxylic acids is 1. The Kier molecular flexibility index (Phi) is 6.72. The van der Waals surface area contributed by atoms with Crippen molar-refractivity contribution in [2.24, 2.45) is 0 Å². The molecule has 0 unspecified atom stereocenters. The topological polar surface area (TPSA) is 108 Å². The monoisotopic (exact) mass is 422 g/mol. The van der Waals surface area contributed by atoms with Crippen molar-refractivity contribution in [2.75, 3.05) is 51.2 Å². The molecule has 3 rings (SSSR count). The number of halogens is 1. The van der Waals surface area contributed by atoms with Crippen molar-refractivity contribution >= 4 is 21.9 Å². The van der Waals surface area contributed by atoms with E-state index in [1.54, 1.807) is 18.5 Å². The molecule has 1 saturated heterocycles. The van der Waals surface area contributed by atoms with Crippen LogP contribution in [0.15, 0.2) is 41.6 Å². The van der Waals surface area contributed by atoms with Gasteiger partial charge in [-0.1, -0.05) is 0 Å². The van der Waals surface area contributed by atoms with Crippen LogP contribution in [-0.4, -0.2) is 75.5 Å². The van der Waals surface area contributed by atoms with Gasteiger partial charge in [0.05, 0.1) is 10.5 Å². The molecule has 1 aliphatic rings. The molecular formula is C18H23FN6O3S. The van der Waals surface area contributed by atoms with E-state index in [4.69, 9.17) is 0 Å². The first kappa shape index (κ1) is 21.1. The van der Waals surface area contributed by atoms with Crippen molar-refractivity contribution in [1.82, 2.24) is 24.9 Å². The number of anilines is 1. The van der Waals surface area contributed by atoms with Gasteiger partial charge in [-0.25, -0.2) is 27.5 Å². The van der Waals surface area contributed by atoms with Crippen molar-refractivity contribution in [3.63, 3.8) is 0 Å². The number of sulfonamides is 1. The lowest BCUT2D eigenvalue weighted by Gasteiger charge is -2.34. The van der Waals surface area contributed by atoms with Gasteiger partial charge < -0.3 is 10.2 Å². The Morgan fingerprint density at radius 1 is 1.17 bits per heavy atom. The lowest BCUT2D eigenvalue weighted by Crippen LogP contribution is -2.49. The van der Waals surface area contributed by atoms with Gasteiger partial charge in [0.2, 0.25) is 16.0 Å². The SMILES string of the molecule is CNS(=O)(=O)c1ccc(F)c(C(=O)NCCN2CCN(c3ncccn3)CC2)c1. The molecule has 0 radical (unpaired) electrons. The minimum absolute atomic E-state index is 0.161. The van der Waals surface area contributed by atoms with Crippen LogP contribution in [0.2, 0.25) is 0 Å². The van der Waals surface area contributed by atoms with E-state index >= 15 is 0 Å². The highest BCUT2D eigenvalue weighted by Gasteiger charge is 2.20. The number of piperazine rings is 1. The molecule has 0 aliphatic carbocycles. The van der Waals surface area contributed by atoms with Gasteiger partial charge in [0.1, 0.15) is 5.82 Å². The van der Waals surface area contributed by atoms with Crippen LogP contribution >= 0.6 is 0 Å². The van der Waals surface area contributed by atoms with Crippen LogP contribution in [0.5, 0.6) is 0 Å². The zero-order valence-electron chi connectivity index (χ0n) is 16.0. The summed E-state index contributed by atoms with van der Waals surface area (Å²) in [6.45, 7) is 4.05. The molecule has 0 saturated carbocycles. The molecule has 2 N–H and O–H groups in total. The van der Waals surface area contributed by atoms with Gasteiger partial charge in [0.25, 0.3) is 5.91 Å². The fraction of sp³-hybridized carbons (Fsp3) is 0.389. The average molecular weight is 422 g/mol. The number of amides is 1. The van der Waals surface area contributed by atoms with Crippen LogP contribution in [0.25, 0.3) is 0 Å². The van der Waals surface area contributed by atoms with E-state index in [1.807, 2.05) is 0 Å². The Morgan fingerprint density at radius 3 is 2.52 bits per heavy atom. The minimum Gasteiger partial charge on any atom is -0.351 e. The molecule has 1 aliphatic heterocycles. The molecule has 11 heteroatoms. The Hall–Kier alpha value is -2.63. The summed E-state index contributed by atoms with van der Waals surface area (Å²) < 4.78 is 39.8. The number of hydrogen-bond donors (Lipinski definition) is 2. The predicted molar refractivity (Wildman–Crippen MR) is 106 cm³/mol. The van der Waals surface area contributed by atoms with Gasteiger partial charge in [-0.2, -0.15) is 0 Å². The number of rotatable bonds is 7. The molecule has 1 amide bonds. The second kappa shape index (κ2) is 9.25. The summed E-state index contributed by atoms with van der Waals surface area (Å²) in [7, 11) is -2.50. The number of benzene rings is 1. The average Bonchev–Trinajstić information content (AvgIpc) is 2.75. The number of aromatic nitrogens is 2. The predicted octanol–water partition coefficient (Wildman–Crippen LogP) is 0.0758. The van der Waals surface area contributed by atoms with Crippen LogP contribution in [0.4, 0.5) is 10.3 Å². The third kappa shape index (κ3) is 5.25. The molecule has 0 atom stereocenters. The number of carbonyl (C=O) groups is 1. The maximum absolute atomic E-state index is 14.0. The van der Waals surface area contributed by atoms with E-state index in [-0.39, 0.29) is 10.5 Å². The standard InChI is InChI=1S/C18H23FN6O3S/c1-20-29(27,28)14-3-4-16(19)15(13-14)17(26)21-7-8-24-9-11-25(12-10-24)18-22-5-2-6-23-18/h2-6,13,20H,7-12H2,1H3,(H,21,26). The van der Waals surface area contributed by atoms with E-state index in [2.05, 4.69) is 29.8 Å². The van der Waals surface area contributed by atoms with Crippen LogP contribution in [0.1, 0.15) is 10.4 Å². The molecule has 0 spiro atoms. The number of nitrogens with zero attached hydrogens (tertiary/aromatic N) is 4. The van der Waals surface area contributed by atoms with Gasteiger partial charge in [-0.3, -0.25) is 9.69 Å². The Balaban J connectivity index is 1.50. The summed E-state index contributed by atoms with van der Waals surface area (Å²) in [6, 6.07) is 4.90. The quantitative estimate of drug-likeness (QED) is 0.650. The fourth-order valence-electron chi connectivity index (χ4n) is 3.01. The first-order valence-corrected chi connectivity index (χ1v) is 10.6. The summed E-state index contributed by atoms with van der Waals surface area (Å²) in [5, 5.41) is 2.65. The first-order valence-electron chi connectivity index (χ1n) is 9.16. The summed E-state index contributed by atoms with van der Waals surface area (Å²) >= 11 is 0. The third-order valence-corrected chi connectivity index (χ3v) is 6.09. The highest BCUT2D eigenvalue weighted by Crippen LogP contribution is 2.15. The molecule has 2 aromatic rings. The summed E-state index contributed by atoms with van der Waals surface area (Å²) in [5.41, 5.74) is -0.299. The fourth-order valence-corrected chi connectivity index (χ4v) is 3.77. The van der Waals surface area contributed by atoms with E-state index in [0.29, 0.717) is 19.0 Å². The molecule has 2 heterocycles. The van der Waals surface area contributed by atoms with Crippen molar-refractivity contribution in [3.8, 4) is 0 Å². The van der Waals surface area contributed by atoms with Crippen molar-refractivity contribution in [1.29, 1.82) is 0 Å². The minimum atomic E-state index is -3.76. The molecule has 156 valence electrons. The molecule has 1 aromatic heterocycles. The second-order valence-corrected chi connectivity index (χ2v) is 8.37. The van der Waals surface area contributed by atoms with Crippen LogP contribution in [-0.2, 0) is 10.0 Å². The summed E-state index contributed by atoms with van der Waals surface area (Å²) in [5.74, 6) is -0.715. The Labute approximate surface area is 169 Å². The molecular weight excluding hydrogens is 399 g/mol. The van der Waals surface area contributed by atoms with Crippen LogP contribution in [0.3, 0.4) is 0 Å². The largest absolute Gasteiger partial charge is 0.351 e. The molecule has 29 heavy (non-hydrogen) atoms. The number of nitrogens with one attached hydrogen (secondary N) is 2. The second-order valence-electron chi connectivity index (χ2n) is 6.48. The zero-order chi connectivity index (χ0) is 20.9. The number of hydrogen-bond acceptors (Lipinski definition) is 7. The maximum Gasteiger partial charge on any atom is 0.254 e. The normalized spacial score (nSPS) is 15.3. The molecule has 1 aromatic carbocycles. The van der Waals surface area contributed by atoms with Crippen LogP contribution < -0.4 is 14.9 Å². The highest BCUT2D eigenvalue weighted by molar-refractivity contribution is 7.89. The van der Waals surface area contributed by atoms with E-state index in [1.165, 1.54) is 7.05 Å². The van der Waals surface area contributed by atoms with Gasteiger partial charge >= 0.3 is 0 Å². The van der Waals surface area contributed by atoms with Gasteiger partial charge in [0.15, 0.2) is 0 Å². The molecule has 0 bridgehead atoms. The van der Waals surface area contributed by atoms with Gasteiger partial charge in [0, 0.05) is 51.7 Å². The van der Waals surface area contributed by atoms with Crippen LogP contribution in [0, 0.1) is 5.82 Å². The molecule has 9 nitrogen and oxygen atoms in total. The first-order chi connectivity index (χ1) is 13.9. The maximum atomic E-state index is 14.0. The van der Waals surface area contributed by atoms with Crippen molar-refractivity contribution < 1.29 is 17.6 Å².